The minimum Gasteiger partial charge on any atom is -0.497 e. The zero-order valence-electron chi connectivity index (χ0n) is 16.7. The van der Waals surface area contributed by atoms with Gasteiger partial charge in [0, 0.05) is 13.1 Å². The molecule has 1 saturated heterocycles. The zero-order valence-corrected chi connectivity index (χ0v) is 18.3. The largest absolute Gasteiger partial charge is 0.497 e. The zero-order chi connectivity index (χ0) is 18.3. The van der Waals surface area contributed by atoms with Crippen LogP contribution in [0.1, 0.15) is 51.1 Å². The van der Waals surface area contributed by atoms with Crippen molar-refractivity contribution in [2.45, 2.75) is 45.6 Å². The Bertz CT molecular complexity index is 536. The molecule has 1 heterocycles. The van der Waals surface area contributed by atoms with Crippen molar-refractivity contribution in [3.63, 3.8) is 0 Å². The molecule has 1 aliphatic rings. The topological polar surface area (TPSA) is 67.6 Å². The number of hydrogen-bond donors (Lipinski definition) is 2. The number of carbonyl (C=O) groups excluding carboxylic acids is 1. The third kappa shape index (κ3) is 6.24. The lowest BCUT2D eigenvalue weighted by Gasteiger charge is -2.32. The number of likely N-dealkylation sites (tertiary alicyclic amines) is 1. The van der Waals surface area contributed by atoms with E-state index < -0.39 is 5.41 Å². The fourth-order valence-electron chi connectivity index (χ4n) is 3.67. The summed E-state index contributed by atoms with van der Waals surface area (Å²) in [5.74, 6) is 0.935. The summed E-state index contributed by atoms with van der Waals surface area (Å²) in [5.41, 5.74) is 6.68. The van der Waals surface area contributed by atoms with Crippen LogP contribution in [0.5, 0.6) is 5.75 Å². The molecule has 3 N–H and O–H groups in total. The molecule has 0 radical (unpaired) electrons. The van der Waals surface area contributed by atoms with Crippen molar-refractivity contribution in [2.75, 3.05) is 33.3 Å². The summed E-state index contributed by atoms with van der Waals surface area (Å²) in [6.45, 7) is 7.25. The van der Waals surface area contributed by atoms with Gasteiger partial charge in [0.05, 0.1) is 18.6 Å². The number of nitrogens with zero attached hydrogens (tertiary/aromatic N) is 1. The molecule has 1 fully saturated rings. The second-order valence-corrected chi connectivity index (χ2v) is 6.93. The molecule has 156 valence electrons. The van der Waals surface area contributed by atoms with Gasteiger partial charge in [0.15, 0.2) is 0 Å². The van der Waals surface area contributed by atoms with Crippen LogP contribution in [0.25, 0.3) is 0 Å². The molecule has 5 nitrogen and oxygen atoms in total. The number of halogens is 2. The average Bonchev–Trinajstić information content (AvgIpc) is 3.19. The van der Waals surface area contributed by atoms with Crippen LogP contribution in [0.15, 0.2) is 24.3 Å². The Morgan fingerprint density at radius 1 is 1.19 bits per heavy atom. The van der Waals surface area contributed by atoms with Crippen LogP contribution in [0.4, 0.5) is 0 Å². The first-order valence-corrected chi connectivity index (χ1v) is 9.46. The van der Waals surface area contributed by atoms with E-state index in [-0.39, 0.29) is 36.8 Å². The fraction of sp³-hybridized carbons (Fsp3) is 0.650. The van der Waals surface area contributed by atoms with Crippen molar-refractivity contribution in [3.05, 3.63) is 29.8 Å². The predicted molar refractivity (Wildman–Crippen MR) is 116 cm³/mol. The Morgan fingerprint density at radius 2 is 1.74 bits per heavy atom. The summed E-state index contributed by atoms with van der Waals surface area (Å²) in [7, 11) is 1.68. The molecular formula is C20H35Cl2N3O2. The average molecular weight is 420 g/mol. The van der Waals surface area contributed by atoms with Crippen LogP contribution in [-0.2, 0) is 4.79 Å². The minimum atomic E-state index is -0.449. The van der Waals surface area contributed by atoms with Crippen LogP contribution in [0.3, 0.4) is 0 Å². The number of methoxy groups -OCH3 is 1. The first-order valence-electron chi connectivity index (χ1n) is 9.46. The van der Waals surface area contributed by atoms with E-state index in [0.717, 1.165) is 31.7 Å². The molecule has 1 aromatic carbocycles. The van der Waals surface area contributed by atoms with Crippen molar-refractivity contribution in [1.29, 1.82) is 0 Å². The van der Waals surface area contributed by atoms with Gasteiger partial charge in [-0.1, -0.05) is 26.0 Å². The van der Waals surface area contributed by atoms with E-state index in [9.17, 15) is 4.79 Å². The Hall–Kier alpha value is -1.01. The molecule has 0 spiro atoms. The third-order valence-corrected chi connectivity index (χ3v) is 5.76. The van der Waals surface area contributed by atoms with Gasteiger partial charge in [-0.25, -0.2) is 0 Å². The highest BCUT2D eigenvalue weighted by atomic mass is 35.5. The number of hydrogen-bond acceptors (Lipinski definition) is 4. The van der Waals surface area contributed by atoms with Crippen molar-refractivity contribution in [2.24, 2.45) is 11.1 Å². The van der Waals surface area contributed by atoms with Gasteiger partial charge in [-0.15, -0.1) is 24.8 Å². The van der Waals surface area contributed by atoms with Gasteiger partial charge in [0.1, 0.15) is 5.75 Å². The number of nitrogens with one attached hydrogen (secondary N) is 1. The van der Waals surface area contributed by atoms with E-state index in [0.29, 0.717) is 13.1 Å². The lowest BCUT2D eigenvalue weighted by Crippen LogP contribution is -2.47. The second kappa shape index (κ2) is 12.4. The number of benzene rings is 1. The van der Waals surface area contributed by atoms with Crippen molar-refractivity contribution in [3.8, 4) is 5.75 Å². The van der Waals surface area contributed by atoms with Crippen LogP contribution < -0.4 is 15.8 Å². The minimum absolute atomic E-state index is 0. The van der Waals surface area contributed by atoms with Crippen molar-refractivity contribution < 1.29 is 9.53 Å². The van der Waals surface area contributed by atoms with Gasteiger partial charge in [-0.2, -0.15) is 0 Å². The maximum Gasteiger partial charge on any atom is 0.227 e. The van der Waals surface area contributed by atoms with Gasteiger partial charge in [-0.3, -0.25) is 9.69 Å². The second-order valence-electron chi connectivity index (χ2n) is 6.93. The van der Waals surface area contributed by atoms with Gasteiger partial charge < -0.3 is 15.8 Å². The molecule has 1 unspecified atom stereocenters. The normalized spacial score (nSPS) is 15.4. The van der Waals surface area contributed by atoms with Crippen LogP contribution in [0, 0.1) is 5.41 Å². The molecule has 2 rings (SSSR count). The van der Waals surface area contributed by atoms with Crippen molar-refractivity contribution >= 4 is 30.7 Å². The maximum absolute atomic E-state index is 12.8. The Labute approximate surface area is 176 Å². The van der Waals surface area contributed by atoms with Crippen LogP contribution in [0.2, 0.25) is 0 Å². The number of nitrogens with two attached hydrogens (primary N) is 1. The predicted octanol–water partition coefficient (Wildman–Crippen LogP) is 3.56. The Morgan fingerprint density at radius 3 is 2.19 bits per heavy atom. The monoisotopic (exact) mass is 419 g/mol. The summed E-state index contributed by atoms with van der Waals surface area (Å²) < 4.78 is 5.26. The van der Waals surface area contributed by atoms with E-state index in [2.05, 4.69) is 22.3 Å². The summed E-state index contributed by atoms with van der Waals surface area (Å²) in [5, 5.41) is 3.19. The molecule has 1 aromatic rings. The molecule has 7 heteroatoms. The lowest BCUT2D eigenvalue weighted by molar-refractivity contribution is -0.131. The highest BCUT2D eigenvalue weighted by Crippen LogP contribution is 2.28. The Kier molecular flexibility index (Phi) is 12.0. The SMILES string of the molecule is CCC(CC)(CN)C(=O)NCC(c1ccc(OC)cc1)N1CCCC1.Cl.Cl. The molecule has 1 amide bonds. The first-order chi connectivity index (χ1) is 12.1. The van der Waals surface area contributed by atoms with E-state index in [1.165, 1.54) is 18.4 Å². The number of ether oxygens (including phenoxy) is 1. The van der Waals surface area contributed by atoms with Crippen LogP contribution >= 0.6 is 24.8 Å². The summed E-state index contributed by atoms with van der Waals surface area (Å²) in [6, 6.07) is 8.38. The lowest BCUT2D eigenvalue weighted by atomic mass is 9.81. The highest BCUT2D eigenvalue weighted by Gasteiger charge is 2.34. The number of rotatable bonds is 9. The van der Waals surface area contributed by atoms with Crippen molar-refractivity contribution in [1.82, 2.24) is 10.2 Å². The molecule has 27 heavy (non-hydrogen) atoms. The van der Waals surface area contributed by atoms with Gasteiger partial charge in [0.2, 0.25) is 5.91 Å². The first kappa shape index (κ1) is 26.0. The van der Waals surface area contributed by atoms with E-state index in [1.54, 1.807) is 7.11 Å². The summed E-state index contributed by atoms with van der Waals surface area (Å²) in [6.07, 6.45) is 3.97. The number of carbonyl (C=O) groups is 1. The van der Waals surface area contributed by atoms with Gasteiger partial charge in [-0.05, 0) is 56.5 Å². The molecule has 0 saturated carbocycles. The van der Waals surface area contributed by atoms with Crippen LogP contribution in [-0.4, -0.2) is 44.1 Å². The molecule has 0 aliphatic carbocycles. The Balaban J connectivity index is 0.00000338. The molecular weight excluding hydrogens is 385 g/mol. The summed E-state index contributed by atoms with van der Waals surface area (Å²) in [4.78, 5) is 15.2. The molecule has 0 bridgehead atoms. The summed E-state index contributed by atoms with van der Waals surface area (Å²) >= 11 is 0. The van der Waals surface area contributed by atoms with E-state index >= 15 is 0 Å². The molecule has 0 aromatic heterocycles. The highest BCUT2D eigenvalue weighted by molar-refractivity contribution is 5.85. The van der Waals surface area contributed by atoms with E-state index in [4.69, 9.17) is 10.5 Å². The van der Waals surface area contributed by atoms with E-state index in [1.807, 2.05) is 26.0 Å². The standard InChI is InChI=1S/C20H33N3O2.2ClH/c1-4-20(5-2,15-21)19(24)22-14-18(23-12-6-7-13-23)16-8-10-17(25-3)11-9-16;;/h8-11,18H,4-7,12-15,21H2,1-3H3,(H,22,24);2*1H. The third-order valence-electron chi connectivity index (χ3n) is 5.76. The maximum atomic E-state index is 12.8. The van der Waals surface area contributed by atoms with Gasteiger partial charge >= 0.3 is 0 Å². The smallest absolute Gasteiger partial charge is 0.227 e. The van der Waals surface area contributed by atoms with Gasteiger partial charge in [0.25, 0.3) is 0 Å². The fourth-order valence-corrected chi connectivity index (χ4v) is 3.67. The molecule has 1 aliphatic heterocycles. The quantitative estimate of drug-likeness (QED) is 0.641. The number of amides is 1. The molecule has 1 atom stereocenters.